The SMILES string of the molecule is Cc1cc(C(=O)N2CCc3c(N)cccc32)ccc1F. The van der Waals surface area contributed by atoms with E-state index < -0.39 is 0 Å². The van der Waals surface area contributed by atoms with Crippen molar-refractivity contribution in [1.82, 2.24) is 0 Å². The Labute approximate surface area is 116 Å². The number of aryl methyl sites for hydroxylation is 1. The van der Waals surface area contributed by atoms with Gasteiger partial charge in [-0.3, -0.25) is 4.79 Å². The Kier molecular flexibility index (Phi) is 2.93. The number of nitrogen functional groups attached to an aromatic ring is 1. The van der Waals surface area contributed by atoms with Crippen LogP contribution in [0.5, 0.6) is 0 Å². The van der Waals surface area contributed by atoms with Crippen LogP contribution in [0.3, 0.4) is 0 Å². The van der Waals surface area contributed by atoms with Crippen LogP contribution in [0.15, 0.2) is 36.4 Å². The zero-order chi connectivity index (χ0) is 14.3. The molecule has 0 saturated heterocycles. The lowest BCUT2D eigenvalue weighted by Gasteiger charge is -2.18. The van der Waals surface area contributed by atoms with E-state index in [0.29, 0.717) is 23.4 Å². The maximum absolute atomic E-state index is 13.3. The van der Waals surface area contributed by atoms with E-state index >= 15 is 0 Å². The molecule has 0 spiro atoms. The van der Waals surface area contributed by atoms with Gasteiger partial charge in [0.2, 0.25) is 0 Å². The van der Waals surface area contributed by atoms with Gasteiger partial charge < -0.3 is 10.6 Å². The molecule has 1 heterocycles. The van der Waals surface area contributed by atoms with Gasteiger partial charge in [0.25, 0.3) is 5.91 Å². The van der Waals surface area contributed by atoms with Crippen LogP contribution in [0.25, 0.3) is 0 Å². The first-order valence-electron chi connectivity index (χ1n) is 6.53. The average molecular weight is 270 g/mol. The van der Waals surface area contributed by atoms with E-state index in [4.69, 9.17) is 5.73 Å². The van der Waals surface area contributed by atoms with Gasteiger partial charge in [0.15, 0.2) is 0 Å². The number of benzene rings is 2. The van der Waals surface area contributed by atoms with Gasteiger partial charge in [0.1, 0.15) is 5.82 Å². The Morgan fingerprint density at radius 1 is 1.30 bits per heavy atom. The predicted octanol–water partition coefficient (Wildman–Crippen LogP) is 2.92. The summed E-state index contributed by atoms with van der Waals surface area (Å²) in [5.74, 6) is -0.412. The van der Waals surface area contributed by atoms with E-state index in [-0.39, 0.29) is 11.7 Å². The van der Waals surface area contributed by atoms with Crippen molar-refractivity contribution < 1.29 is 9.18 Å². The fourth-order valence-corrected chi connectivity index (χ4v) is 2.61. The largest absolute Gasteiger partial charge is 0.398 e. The number of hydrogen-bond donors (Lipinski definition) is 1. The Balaban J connectivity index is 1.97. The van der Waals surface area contributed by atoms with Crippen molar-refractivity contribution in [3.05, 3.63) is 58.9 Å². The Morgan fingerprint density at radius 2 is 2.10 bits per heavy atom. The van der Waals surface area contributed by atoms with Crippen LogP contribution in [-0.2, 0) is 6.42 Å². The van der Waals surface area contributed by atoms with E-state index in [1.807, 2.05) is 18.2 Å². The van der Waals surface area contributed by atoms with Crippen LogP contribution in [0.4, 0.5) is 15.8 Å². The van der Waals surface area contributed by atoms with Gasteiger partial charge in [0, 0.05) is 29.0 Å². The van der Waals surface area contributed by atoms with E-state index in [0.717, 1.165) is 17.7 Å². The molecule has 102 valence electrons. The first-order valence-corrected chi connectivity index (χ1v) is 6.53. The zero-order valence-corrected chi connectivity index (χ0v) is 11.2. The third kappa shape index (κ3) is 1.93. The Morgan fingerprint density at radius 3 is 2.85 bits per heavy atom. The van der Waals surface area contributed by atoms with Crippen molar-refractivity contribution in [2.75, 3.05) is 17.2 Å². The fourth-order valence-electron chi connectivity index (χ4n) is 2.61. The van der Waals surface area contributed by atoms with Gasteiger partial charge in [-0.15, -0.1) is 0 Å². The average Bonchev–Trinajstić information content (AvgIpc) is 2.86. The number of hydrogen-bond acceptors (Lipinski definition) is 2. The number of rotatable bonds is 1. The summed E-state index contributed by atoms with van der Waals surface area (Å²) in [6.45, 7) is 2.26. The lowest BCUT2D eigenvalue weighted by molar-refractivity contribution is 0.0989. The molecular formula is C16H15FN2O. The van der Waals surface area contributed by atoms with E-state index in [2.05, 4.69) is 0 Å². The number of anilines is 2. The van der Waals surface area contributed by atoms with Crippen LogP contribution in [0, 0.1) is 12.7 Å². The monoisotopic (exact) mass is 270 g/mol. The van der Waals surface area contributed by atoms with Crippen molar-refractivity contribution in [3.8, 4) is 0 Å². The van der Waals surface area contributed by atoms with Gasteiger partial charge in [0.05, 0.1) is 0 Å². The van der Waals surface area contributed by atoms with Gasteiger partial charge in [-0.1, -0.05) is 6.07 Å². The third-order valence-corrected chi connectivity index (χ3v) is 3.71. The first-order chi connectivity index (χ1) is 9.58. The first kappa shape index (κ1) is 12.7. The minimum atomic E-state index is -0.299. The van der Waals surface area contributed by atoms with Gasteiger partial charge in [-0.05, 0) is 49.2 Å². The number of fused-ring (bicyclic) bond motifs is 1. The molecule has 0 fully saturated rings. The molecule has 3 nitrogen and oxygen atoms in total. The van der Waals surface area contributed by atoms with Crippen LogP contribution >= 0.6 is 0 Å². The smallest absolute Gasteiger partial charge is 0.258 e. The lowest BCUT2D eigenvalue weighted by atomic mass is 10.1. The summed E-state index contributed by atoms with van der Waals surface area (Å²) >= 11 is 0. The molecule has 20 heavy (non-hydrogen) atoms. The summed E-state index contributed by atoms with van der Waals surface area (Å²) < 4.78 is 13.3. The second-order valence-corrected chi connectivity index (χ2v) is 5.02. The molecule has 0 aliphatic carbocycles. The normalized spacial score (nSPS) is 13.4. The third-order valence-electron chi connectivity index (χ3n) is 3.71. The lowest BCUT2D eigenvalue weighted by Crippen LogP contribution is -2.28. The number of nitrogens with zero attached hydrogens (tertiary/aromatic N) is 1. The highest BCUT2D eigenvalue weighted by Gasteiger charge is 2.26. The maximum atomic E-state index is 13.3. The minimum absolute atomic E-state index is 0.113. The number of amides is 1. The van der Waals surface area contributed by atoms with Crippen LogP contribution in [0.2, 0.25) is 0 Å². The summed E-state index contributed by atoms with van der Waals surface area (Å²) in [5, 5.41) is 0. The van der Waals surface area contributed by atoms with Gasteiger partial charge in [-0.25, -0.2) is 4.39 Å². The van der Waals surface area contributed by atoms with Crippen molar-refractivity contribution in [2.45, 2.75) is 13.3 Å². The second-order valence-electron chi connectivity index (χ2n) is 5.02. The second kappa shape index (κ2) is 4.63. The molecule has 0 radical (unpaired) electrons. The molecule has 0 unspecified atom stereocenters. The molecule has 0 atom stereocenters. The summed E-state index contributed by atoms with van der Waals surface area (Å²) in [6.07, 6.45) is 0.758. The predicted molar refractivity (Wildman–Crippen MR) is 77.4 cm³/mol. The minimum Gasteiger partial charge on any atom is -0.398 e. The number of nitrogens with two attached hydrogens (primary N) is 1. The summed E-state index contributed by atoms with van der Waals surface area (Å²) in [5.41, 5.74) is 9.49. The Bertz CT molecular complexity index is 697. The summed E-state index contributed by atoms with van der Waals surface area (Å²) in [4.78, 5) is 14.3. The summed E-state index contributed by atoms with van der Waals surface area (Å²) in [6, 6.07) is 10.0. The van der Waals surface area contributed by atoms with Crippen molar-refractivity contribution in [3.63, 3.8) is 0 Å². The molecule has 0 saturated carbocycles. The molecule has 1 aliphatic heterocycles. The van der Waals surface area contributed by atoms with E-state index in [9.17, 15) is 9.18 Å². The Hall–Kier alpha value is -2.36. The van der Waals surface area contributed by atoms with E-state index in [1.54, 1.807) is 17.9 Å². The quantitative estimate of drug-likeness (QED) is 0.810. The van der Waals surface area contributed by atoms with Crippen LogP contribution in [0.1, 0.15) is 21.5 Å². The fraction of sp³-hybridized carbons (Fsp3) is 0.188. The highest BCUT2D eigenvalue weighted by molar-refractivity contribution is 6.07. The molecule has 3 rings (SSSR count). The van der Waals surface area contributed by atoms with Crippen molar-refractivity contribution in [2.24, 2.45) is 0 Å². The number of carbonyl (C=O) groups is 1. The van der Waals surface area contributed by atoms with E-state index in [1.165, 1.54) is 12.1 Å². The molecular weight excluding hydrogens is 255 g/mol. The van der Waals surface area contributed by atoms with Crippen molar-refractivity contribution >= 4 is 17.3 Å². The highest BCUT2D eigenvalue weighted by atomic mass is 19.1. The standard InChI is InChI=1S/C16H15FN2O/c1-10-9-11(5-6-13(10)17)16(20)19-8-7-12-14(18)3-2-4-15(12)19/h2-6,9H,7-8,18H2,1H3. The number of carbonyl (C=O) groups excluding carboxylic acids is 1. The van der Waals surface area contributed by atoms with Gasteiger partial charge >= 0.3 is 0 Å². The maximum Gasteiger partial charge on any atom is 0.258 e. The topological polar surface area (TPSA) is 46.3 Å². The van der Waals surface area contributed by atoms with Crippen LogP contribution in [-0.4, -0.2) is 12.5 Å². The van der Waals surface area contributed by atoms with Crippen LogP contribution < -0.4 is 10.6 Å². The molecule has 0 bridgehead atoms. The van der Waals surface area contributed by atoms with Crippen molar-refractivity contribution in [1.29, 1.82) is 0 Å². The molecule has 1 aliphatic rings. The van der Waals surface area contributed by atoms with Gasteiger partial charge in [-0.2, -0.15) is 0 Å². The molecule has 2 aromatic rings. The molecule has 1 amide bonds. The molecule has 2 aromatic carbocycles. The number of halogens is 1. The zero-order valence-electron chi connectivity index (χ0n) is 11.2. The summed E-state index contributed by atoms with van der Waals surface area (Å²) in [7, 11) is 0. The molecule has 2 N–H and O–H groups in total. The highest BCUT2D eigenvalue weighted by Crippen LogP contribution is 2.33. The molecule has 4 heteroatoms. The molecule has 0 aromatic heterocycles.